The summed E-state index contributed by atoms with van der Waals surface area (Å²) >= 11 is 2.68. The number of amides is 2. The van der Waals surface area contributed by atoms with Gasteiger partial charge in [-0.05, 0) is 48.9 Å². The third-order valence-corrected chi connectivity index (χ3v) is 6.87. The van der Waals surface area contributed by atoms with Crippen molar-refractivity contribution in [1.29, 1.82) is 0 Å². The van der Waals surface area contributed by atoms with E-state index in [0.717, 1.165) is 22.6 Å². The fourth-order valence-corrected chi connectivity index (χ4v) is 4.89. The molecule has 2 heterocycles. The second-order valence-corrected chi connectivity index (χ2v) is 10.00. The highest BCUT2D eigenvalue weighted by Gasteiger charge is 2.13. The zero-order valence-corrected chi connectivity index (χ0v) is 21.3. The van der Waals surface area contributed by atoms with E-state index in [-0.39, 0.29) is 18.2 Å². The Morgan fingerprint density at radius 1 is 1.06 bits per heavy atom. The van der Waals surface area contributed by atoms with Crippen molar-refractivity contribution in [2.45, 2.75) is 30.5 Å². The smallest absolute Gasteiger partial charge is 0.227 e. The Kier molecular flexibility index (Phi) is 8.63. The molecular formula is C24H24N6O4S2. The van der Waals surface area contributed by atoms with Crippen LogP contribution in [0.4, 0.5) is 10.8 Å². The maximum atomic E-state index is 12.3. The lowest BCUT2D eigenvalue weighted by Gasteiger charge is -2.05. The molecule has 12 heteroatoms. The third-order valence-electron chi connectivity index (χ3n) is 4.89. The number of aryl methyl sites for hydroxylation is 2. The van der Waals surface area contributed by atoms with Gasteiger partial charge in [0.25, 0.3) is 0 Å². The largest absolute Gasteiger partial charge is 0.497 e. The summed E-state index contributed by atoms with van der Waals surface area (Å²) in [6.07, 6.45) is 0.791. The molecule has 2 N–H and O–H groups in total. The lowest BCUT2D eigenvalue weighted by atomic mass is 10.2. The van der Waals surface area contributed by atoms with Gasteiger partial charge in [0.15, 0.2) is 4.34 Å². The predicted molar refractivity (Wildman–Crippen MR) is 138 cm³/mol. The minimum Gasteiger partial charge on any atom is -0.497 e. The number of benzene rings is 2. The molecule has 0 fully saturated rings. The van der Waals surface area contributed by atoms with E-state index in [1.165, 1.54) is 23.1 Å². The molecule has 10 nitrogen and oxygen atoms in total. The fourth-order valence-electron chi connectivity index (χ4n) is 3.11. The van der Waals surface area contributed by atoms with Crippen LogP contribution in [0.3, 0.4) is 0 Å². The number of anilines is 2. The molecule has 0 unspecified atom stereocenters. The molecule has 2 aromatic heterocycles. The van der Waals surface area contributed by atoms with Crippen molar-refractivity contribution in [3.63, 3.8) is 0 Å². The first-order valence-electron chi connectivity index (χ1n) is 11.1. The Morgan fingerprint density at radius 2 is 1.86 bits per heavy atom. The number of carbonyl (C=O) groups is 2. The molecule has 4 rings (SSSR count). The summed E-state index contributed by atoms with van der Waals surface area (Å²) in [4.78, 5) is 28.8. The van der Waals surface area contributed by atoms with Crippen LogP contribution in [-0.2, 0) is 16.0 Å². The molecule has 36 heavy (non-hydrogen) atoms. The van der Waals surface area contributed by atoms with E-state index in [2.05, 4.69) is 31.0 Å². The summed E-state index contributed by atoms with van der Waals surface area (Å²) in [6, 6.07) is 14.9. The lowest BCUT2D eigenvalue weighted by molar-refractivity contribution is -0.116. The summed E-state index contributed by atoms with van der Waals surface area (Å²) < 4.78 is 11.1. The SMILES string of the molecule is COc1ccc(-c2noc(CCC(=O)Nc3nnc(SCCC(=O)Nc4cccc(C)c4)s3)n2)cc1. The van der Waals surface area contributed by atoms with Gasteiger partial charge in [0.1, 0.15) is 5.75 Å². The summed E-state index contributed by atoms with van der Waals surface area (Å²) in [5.74, 6) is 1.81. The molecule has 0 atom stereocenters. The van der Waals surface area contributed by atoms with E-state index in [9.17, 15) is 9.59 Å². The minimum absolute atomic E-state index is 0.0673. The highest BCUT2D eigenvalue weighted by atomic mass is 32.2. The van der Waals surface area contributed by atoms with E-state index in [4.69, 9.17) is 9.26 Å². The van der Waals surface area contributed by atoms with Gasteiger partial charge in [-0.3, -0.25) is 9.59 Å². The van der Waals surface area contributed by atoms with Crippen molar-refractivity contribution in [3.8, 4) is 17.1 Å². The topological polar surface area (TPSA) is 132 Å². The van der Waals surface area contributed by atoms with Crippen LogP contribution in [0.1, 0.15) is 24.3 Å². The predicted octanol–water partition coefficient (Wildman–Crippen LogP) is 4.60. The Balaban J connectivity index is 1.18. The van der Waals surface area contributed by atoms with Crippen LogP contribution in [0.25, 0.3) is 11.4 Å². The van der Waals surface area contributed by atoms with E-state index in [1.54, 1.807) is 7.11 Å². The normalized spacial score (nSPS) is 10.7. The number of ether oxygens (including phenoxy) is 1. The van der Waals surface area contributed by atoms with Gasteiger partial charge in [-0.15, -0.1) is 10.2 Å². The number of nitrogens with one attached hydrogen (secondary N) is 2. The molecule has 0 radical (unpaired) electrons. The van der Waals surface area contributed by atoms with Crippen LogP contribution in [0, 0.1) is 6.92 Å². The van der Waals surface area contributed by atoms with Crippen LogP contribution < -0.4 is 15.4 Å². The van der Waals surface area contributed by atoms with Gasteiger partial charge in [-0.1, -0.05) is 40.4 Å². The molecule has 0 saturated heterocycles. The van der Waals surface area contributed by atoms with Gasteiger partial charge in [0.2, 0.25) is 28.7 Å². The highest BCUT2D eigenvalue weighted by molar-refractivity contribution is 8.01. The molecule has 186 valence electrons. The first kappa shape index (κ1) is 25.3. The van der Waals surface area contributed by atoms with Crippen molar-refractivity contribution in [2.75, 3.05) is 23.5 Å². The second kappa shape index (κ2) is 12.3. The summed E-state index contributed by atoms with van der Waals surface area (Å²) in [7, 11) is 1.60. The van der Waals surface area contributed by atoms with Gasteiger partial charge in [-0.25, -0.2) is 0 Å². The van der Waals surface area contributed by atoms with Crippen LogP contribution in [0.2, 0.25) is 0 Å². The molecule has 0 saturated carbocycles. The first-order chi connectivity index (χ1) is 17.5. The number of thioether (sulfide) groups is 1. The average molecular weight is 525 g/mol. The van der Waals surface area contributed by atoms with Gasteiger partial charge in [-0.2, -0.15) is 4.98 Å². The number of hydrogen-bond donors (Lipinski definition) is 2. The monoisotopic (exact) mass is 524 g/mol. The van der Waals surface area contributed by atoms with Crippen LogP contribution >= 0.6 is 23.1 Å². The lowest BCUT2D eigenvalue weighted by Crippen LogP contribution is -2.12. The maximum absolute atomic E-state index is 12.3. The number of rotatable bonds is 11. The number of hydrogen-bond acceptors (Lipinski definition) is 10. The summed E-state index contributed by atoms with van der Waals surface area (Å²) in [5.41, 5.74) is 2.66. The Hall–Kier alpha value is -3.77. The molecule has 0 bridgehead atoms. The quantitative estimate of drug-likeness (QED) is 0.213. The van der Waals surface area contributed by atoms with Gasteiger partial charge in [0, 0.05) is 36.3 Å². The van der Waals surface area contributed by atoms with Crippen molar-refractivity contribution < 1.29 is 18.8 Å². The summed E-state index contributed by atoms with van der Waals surface area (Å²) in [5, 5.41) is 18.0. The zero-order chi connectivity index (χ0) is 25.3. The molecule has 0 aliphatic carbocycles. The van der Waals surface area contributed by atoms with Crippen molar-refractivity contribution in [2.24, 2.45) is 0 Å². The molecule has 4 aromatic rings. The first-order valence-corrected chi connectivity index (χ1v) is 12.9. The zero-order valence-electron chi connectivity index (χ0n) is 19.7. The Bertz CT molecular complexity index is 1320. The van der Waals surface area contributed by atoms with Crippen LogP contribution in [-0.4, -0.2) is 45.0 Å². The average Bonchev–Trinajstić information content (AvgIpc) is 3.52. The number of aromatic nitrogens is 4. The molecule has 0 aliphatic rings. The molecular weight excluding hydrogens is 500 g/mol. The second-order valence-electron chi connectivity index (χ2n) is 7.68. The molecule has 0 spiro atoms. The molecule has 0 aliphatic heterocycles. The van der Waals surface area contributed by atoms with E-state index < -0.39 is 0 Å². The molecule has 2 amide bonds. The Labute approximate surface area is 215 Å². The number of methoxy groups -OCH3 is 1. The number of nitrogens with zero attached hydrogens (tertiary/aromatic N) is 4. The van der Waals surface area contributed by atoms with E-state index in [1.807, 2.05) is 55.5 Å². The van der Waals surface area contributed by atoms with Crippen molar-refractivity contribution >= 4 is 45.7 Å². The van der Waals surface area contributed by atoms with Gasteiger partial charge in [0.05, 0.1) is 7.11 Å². The van der Waals surface area contributed by atoms with Crippen LogP contribution in [0.5, 0.6) is 5.75 Å². The number of carbonyl (C=O) groups excluding carboxylic acids is 2. The Morgan fingerprint density at radius 3 is 2.64 bits per heavy atom. The minimum atomic E-state index is -0.232. The highest BCUT2D eigenvalue weighted by Crippen LogP contribution is 2.26. The fraction of sp³-hybridized carbons (Fsp3) is 0.250. The van der Waals surface area contributed by atoms with Crippen molar-refractivity contribution in [3.05, 3.63) is 60.0 Å². The van der Waals surface area contributed by atoms with Gasteiger partial charge < -0.3 is 19.9 Å². The van der Waals surface area contributed by atoms with Gasteiger partial charge >= 0.3 is 0 Å². The third kappa shape index (κ3) is 7.36. The molecule has 2 aromatic carbocycles. The van der Waals surface area contributed by atoms with Crippen LogP contribution in [0.15, 0.2) is 57.4 Å². The van der Waals surface area contributed by atoms with Crippen molar-refractivity contribution in [1.82, 2.24) is 20.3 Å². The standard InChI is InChI=1S/C24H24N6O4S2/c1-15-4-3-5-17(14-15)25-20(32)12-13-35-24-29-28-23(36-24)26-19(31)10-11-21-27-22(30-34-21)16-6-8-18(33-2)9-7-16/h3-9,14H,10-13H2,1-2H3,(H,25,32)(H,26,28,31). The van der Waals surface area contributed by atoms with E-state index >= 15 is 0 Å². The summed E-state index contributed by atoms with van der Waals surface area (Å²) in [6.45, 7) is 1.97. The maximum Gasteiger partial charge on any atom is 0.227 e. The van der Waals surface area contributed by atoms with E-state index in [0.29, 0.717) is 39.8 Å².